The van der Waals surface area contributed by atoms with Gasteiger partial charge in [0.1, 0.15) is 23.2 Å². The third-order valence-corrected chi connectivity index (χ3v) is 19.2. The molecule has 1 spiro atoms. The van der Waals surface area contributed by atoms with Crippen molar-refractivity contribution in [3.05, 3.63) is 172 Å². The average molecular weight is 1100 g/mol. The Hall–Kier alpha value is -6.75. The van der Waals surface area contributed by atoms with E-state index in [2.05, 4.69) is 49.7 Å². The number of carbonyl (C=O) groups is 2. The lowest BCUT2D eigenvalue weighted by molar-refractivity contribution is -0.0506. The quantitative estimate of drug-likeness (QED) is 0.0273. The molecule has 6 aromatic rings. The second-order valence-corrected chi connectivity index (χ2v) is 23.7. The second kappa shape index (κ2) is 19.2. The van der Waals surface area contributed by atoms with Crippen LogP contribution in [-0.4, -0.2) is 88.4 Å². The second-order valence-electron chi connectivity index (χ2n) is 17.0. The van der Waals surface area contributed by atoms with Crippen molar-refractivity contribution in [1.82, 2.24) is 9.80 Å². The highest BCUT2D eigenvalue weighted by atomic mass is 32.2. The highest BCUT2D eigenvalue weighted by Gasteiger charge is 2.58. The molecule has 388 valence electrons. The maximum absolute atomic E-state index is 16.3. The van der Waals surface area contributed by atoms with Crippen molar-refractivity contribution in [2.45, 2.75) is 29.5 Å². The van der Waals surface area contributed by atoms with Crippen LogP contribution in [0.3, 0.4) is 0 Å². The summed E-state index contributed by atoms with van der Waals surface area (Å²) >= 11 is 0. The number of piperazine rings is 1. The molecule has 1 saturated heterocycles. The van der Waals surface area contributed by atoms with E-state index in [0.717, 1.165) is 37.2 Å². The summed E-state index contributed by atoms with van der Waals surface area (Å²) in [5.41, 5.74) is -19.5. The predicted molar refractivity (Wildman–Crippen MR) is 247 cm³/mol. The first kappa shape index (κ1) is 52.1. The molecule has 1 amide bonds. The summed E-state index contributed by atoms with van der Waals surface area (Å²) in [5, 5.41) is 3.72. The number of unbranched alkanes of at least 4 members (excludes halogenated alkanes) is 1. The molecule has 0 atom stereocenters. The minimum atomic E-state index is -6.87. The van der Waals surface area contributed by atoms with E-state index >= 15 is 17.6 Å². The summed E-state index contributed by atoms with van der Waals surface area (Å²) in [5.74, 6) is -19.8. The first-order valence-corrected chi connectivity index (χ1v) is 26.9. The topological polar surface area (TPSA) is 146 Å². The molecule has 12 nitrogen and oxygen atoms in total. The fourth-order valence-corrected chi connectivity index (χ4v) is 14.7. The number of fused-ring (bicyclic) bond motifs is 6. The highest BCUT2D eigenvalue weighted by Crippen LogP contribution is 2.60. The smallest absolute Gasteiger partial charge is 0.450 e. The third-order valence-electron chi connectivity index (χ3n) is 12.8. The monoisotopic (exact) mass is 1100 g/mol. The van der Waals surface area contributed by atoms with Gasteiger partial charge in [-0.1, -0.05) is 54.6 Å². The largest absolute Gasteiger partial charge is 0.534 e. The number of ether oxygens (including phenoxy) is 2. The Bertz CT molecular complexity index is 3220. The SMILES string of the molecule is O=C1OC2(c3cc(C(=O)N4CCN(CCCC[P+](c5ccccc5)(c5ccccc5)c5ccccc5)CC4)ccc31)c1cc(F)c(OS(=O)(=O)C(F)(F)F)c(F)c1Oc1c2cc(F)c(OS(=O)(=O)C(F)(F)F)c1F. The van der Waals surface area contributed by atoms with E-state index in [-0.39, 0.29) is 30.8 Å². The minimum absolute atomic E-state index is 0.0275. The summed E-state index contributed by atoms with van der Waals surface area (Å²) in [7, 11) is -15.8. The lowest BCUT2D eigenvalue weighted by Crippen LogP contribution is -2.49. The Balaban J connectivity index is 1.01. The Kier molecular flexibility index (Phi) is 13.5. The molecule has 6 aromatic carbocycles. The van der Waals surface area contributed by atoms with E-state index in [0.29, 0.717) is 19.6 Å². The first-order chi connectivity index (χ1) is 34.9. The average Bonchev–Trinajstić information content (AvgIpc) is 3.66. The highest BCUT2D eigenvalue weighted by molar-refractivity contribution is 7.95. The predicted octanol–water partition coefficient (Wildman–Crippen LogP) is 8.80. The van der Waals surface area contributed by atoms with E-state index in [9.17, 15) is 52.8 Å². The van der Waals surface area contributed by atoms with E-state index in [1.807, 2.05) is 54.6 Å². The molecule has 0 aliphatic carbocycles. The lowest BCUT2D eigenvalue weighted by Gasteiger charge is -2.37. The number of alkyl halides is 6. The molecule has 0 unspecified atom stereocenters. The standard InChI is InChI=1S/C49H36F10N2O10PS2/c50-37-27-35-41(39(52)43(37)70-73(64,65)48(54,55)56)68-42-36(28-38(51)44(40(42)53)71-74(66,67)49(57,58)59)47(35)34-26-29(18-19-33(34)46(63)69-47)45(62)61-23-21-60(22-24-61)20-10-11-25-72(30-12-4-1-5-13-30,31-14-6-2-7-15-31)32-16-8-3-9-17-32/h1-9,12-19,26-28H,10-11,20-25H2/q+1. The number of nitrogens with zero attached hydrogens (tertiary/aromatic N) is 2. The van der Waals surface area contributed by atoms with Crippen molar-refractivity contribution >= 4 is 55.3 Å². The zero-order valence-corrected chi connectivity index (χ0v) is 40.3. The lowest BCUT2D eigenvalue weighted by atomic mass is 9.76. The van der Waals surface area contributed by atoms with Gasteiger partial charge in [0.15, 0.2) is 28.7 Å². The number of hydrogen-bond donors (Lipinski definition) is 0. The Labute approximate surface area is 415 Å². The van der Waals surface area contributed by atoms with Gasteiger partial charge >= 0.3 is 37.2 Å². The molecular weight excluding hydrogens is 1060 g/mol. The van der Waals surface area contributed by atoms with Crippen LogP contribution < -0.4 is 29.0 Å². The molecule has 3 aliphatic rings. The van der Waals surface area contributed by atoms with Gasteiger partial charge in [-0.15, -0.1) is 0 Å². The maximum atomic E-state index is 16.3. The minimum Gasteiger partial charge on any atom is -0.450 e. The van der Waals surface area contributed by atoms with Crippen molar-refractivity contribution in [2.24, 2.45) is 0 Å². The van der Waals surface area contributed by atoms with E-state index < -0.39 is 125 Å². The molecule has 74 heavy (non-hydrogen) atoms. The van der Waals surface area contributed by atoms with E-state index in [1.165, 1.54) is 20.8 Å². The molecule has 3 aliphatic heterocycles. The summed E-state index contributed by atoms with van der Waals surface area (Å²) < 4.78 is 210. The number of carbonyl (C=O) groups excluding carboxylic acids is 2. The van der Waals surface area contributed by atoms with E-state index in [4.69, 9.17) is 9.47 Å². The van der Waals surface area contributed by atoms with Crippen LogP contribution in [0.2, 0.25) is 0 Å². The van der Waals surface area contributed by atoms with Crippen LogP contribution in [0.15, 0.2) is 121 Å². The number of rotatable bonds is 13. The zero-order chi connectivity index (χ0) is 53.2. The first-order valence-electron chi connectivity index (χ1n) is 22.1. The van der Waals surface area contributed by atoms with Gasteiger partial charge in [-0.05, 0) is 86.1 Å². The summed E-state index contributed by atoms with van der Waals surface area (Å²) in [6, 6.07) is 34.2. The molecule has 0 aromatic heterocycles. The van der Waals surface area contributed by atoms with Gasteiger partial charge in [0.2, 0.25) is 23.1 Å². The van der Waals surface area contributed by atoms with E-state index in [1.54, 1.807) is 0 Å². The number of esters is 1. The van der Waals surface area contributed by atoms with Crippen LogP contribution in [0.5, 0.6) is 23.0 Å². The number of benzene rings is 6. The summed E-state index contributed by atoms with van der Waals surface area (Å²) in [6.45, 7) is 1.79. The number of hydrogen-bond acceptors (Lipinski definition) is 11. The Morgan fingerprint density at radius 2 is 1.05 bits per heavy atom. The van der Waals surface area contributed by atoms with Crippen LogP contribution in [0.4, 0.5) is 43.9 Å². The molecule has 0 N–H and O–H groups in total. The normalized spacial score (nSPS) is 15.7. The van der Waals surface area contributed by atoms with Gasteiger partial charge in [0, 0.05) is 37.3 Å². The van der Waals surface area contributed by atoms with Gasteiger partial charge < -0.3 is 22.7 Å². The zero-order valence-electron chi connectivity index (χ0n) is 37.7. The third kappa shape index (κ3) is 8.97. The molecular formula is C49H36F10N2O10PS2+. The van der Waals surface area contributed by atoms with Gasteiger partial charge in [0.05, 0.1) is 22.9 Å². The molecule has 0 bridgehead atoms. The Morgan fingerprint density at radius 3 is 1.49 bits per heavy atom. The number of halogens is 10. The van der Waals surface area contributed by atoms with Crippen molar-refractivity contribution in [3.63, 3.8) is 0 Å². The fourth-order valence-electron chi connectivity index (χ4n) is 9.32. The van der Waals surface area contributed by atoms with Crippen molar-refractivity contribution in [3.8, 4) is 23.0 Å². The van der Waals surface area contributed by atoms with Crippen LogP contribution in [-0.2, 0) is 30.6 Å². The van der Waals surface area contributed by atoms with Crippen molar-refractivity contribution < 1.29 is 88.2 Å². The Morgan fingerprint density at radius 1 is 0.608 bits per heavy atom. The van der Waals surface area contributed by atoms with Crippen molar-refractivity contribution in [2.75, 3.05) is 38.9 Å². The van der Waals surface area contributed by atoms with Gasteiger partial charge in [-0.25, -0.2) is 13.6 Å². The summed E-state index contributed by atoms with van der Waals surface area (Å²) in [6.07, 6.45) is 2.53. The molecule has 0 saturated carbocycles. The van der Waals surface area contributed by atoms with Gasteiger partial charge in [0.25, 0.3) is 5.91 Å². The van der Waals surface area contributed by atoms with Crippen LogP contribution in [0.25, 0.3) is 0 Å². The van der Waals surface area contributed by atoms with Gasteiger partial charge in [-0.2, -0.15) is 52.0 Å². The van der Waals surface area contributed by atoms with Crippen LogP contribution in [0, 0.1) is 23.3 Å². The molecule has 0 radical (unpaired) electrons. The van der Waals surface area contributed by atoms with Crippen molar-refractivity contribution in [1.29, 1.82) is 0 Å². The number of amides is 1. The molecule has 3 heterocycles. The van der Waals surface area contributed by atoms with Crippen LogP contribution >= 0.6 is 7.26 Å². The van der Waals surface area contributed by atoms with Crippen LogP contribution in [0.1, 0.15) is 50.2 Å². The molecule has 25 heteroatoms. The fraction of sp³-hybridized carbons (Fsp3) is 0.224. The summed E-state index contributed by atoms with van der Waals surface area (Å²) in [4.78, 5) is 31.5. The molecule has 1 fully saturated rings. The molecule has 9 rings (SSSR count). The maximum Gasteiger partial charge on any atom is 0.534 e. The van der Waals surface area contributed by atoms with Gasteiger partial charge in [-0.3, -0.25) is 9.69 Å².